The first-order chi connectivity index (χ1) is 18.5. The summed E-state index contributed by atoms with van der Waals surface area (Å²) < 4.78 is 0. The monoisotopic (exact) mass is 506 g/mol. The summed E-state index contributed by atoms with van der Waals surface area (Å²) in [6.45, 7) is 0.401. The zero-order valence-electron chi connectivity index (χ0n) is 20.7. The van der Waals surface area contributed by atoms with Crippen molar-refractivity contribution in [2.75, 3.05) is 13.1 Å². The van der Waals surface area contributed by atoms with E-state index < -0.39 is 12.0 Å². The third kappa shape index (κ3) is 5.27. The highest BCUT2D eigenvalue weighted by atomic mass is 16.4. The molecule has 3 aromatic rings. The predicted molar refractivity (Wildman–Crippen MR) is 142 cm³/mol. The number of hydrogen-bond acceptors (Lipinski definition) is 6. The average Bonchev–Trinajstić information content (AvgIpc) is 3.73. The lowest BCUT2D eigenvalue weighted by Gasteiger charge is -2.33. The molecule has 1 aromatic carbocycles. The third-order valence-electron chi connectivity index (χ3n) is 6.98. The van der Waals surface area contributed by atoms with Gasteiger partial charge in [0.25, 0.3) is 0 Å². The van der Waals surface area contributed by atoms with Crippen LogP contribution in [0.2, 0.25) is 0 Å². The summed E-state index contributed by atoms with van der Waals surface area (Å²) in [6.07, 6.45) is 6.08. The molecule has 3 atom stereocenters. The van der Waals surface area contributed by atoms with Crippen LogP contribution < -0.4 is 5.73 Å². The lowest BCUT2D eigenvalue weighted by atomic mass is 10.0. The largest absolute Gasteiger partial charge is 0.480 e. The average molecular weight is 507 g/mol. The van der Waals surface area contributed by atoms with E-state index in [2.05, 4.69) is 33.6 Å². The van der Waals surface area contributed by atoms with E-state index in [1.165, 1.54) is 4.90 Å². The van der Waals surface area contributed by atoms with Crippen LogP contribution in [0.4, 0.5) is 0 Å². The van der Waals surface area contributed by atoms with Crippen LogP contribution in [-0.4, -0.2) is 56.8 Å². The number of nitrogens with two attached hydrogens (primary N) is 1. The van der Waals surface area contributed by atoms with Crippen LogP contribution in [0.25, 0.3) is 22.2 Å². The molecule has 3 heterocycles. The number of carbonyl (C=O) groups is 3. The maximum atomic E-state index is 12.8. The lowest BCUT2D eigenvalue weighted by Crippen LogP contribution is -2.48. The highest BCUT2D eigenvalue weighted by Crippen LogP contribution is 2.40. The number of amides is 1. The molecule has 2 aliphatic rings. The van der Waals surface area contributed by atoms with E-state index in [-0.39, 0.29) is 30.1 Å². The Hall–Kier alpha value is -4.53. The van der Waals surface area contributed by atoms with Gasteiger partial charge in [0.2, 0.25) is 5.91 Å². The van der Waals surface area contributed by atoms with Gasteiger partial charge in [0.1, 0.15) is 6.04 Å². The Bertz CT molecular complexity index is 1540. The summed E-state index contributed by atoms with van der Waals surface area (Å²) >= 11 is 0. The van der Waals surface area contributed by atoms with Crippen LogP contribution in [0.1, 0.15) is 41.6 Å². The molecule has 1 saturated heterocycles. The Balaban J connectivity index is 1.25. The van der Waals surface area contributed by atoms with Crippen LogP contribution in [0.15, 0.2) is 48.8 Å². The second-order valence-corrected chi connectivity index (χ2v) is 9.50. The molecule has 0 spiro atoms. The van der Waals surface area contributed by atoms with E-state index in [0.717, 1.165) is 24.0 Å². The number of pyridine rings is 2. The Kier molecular flexibility index (Phi) is 7.17. The van der Waals surface area contributed by atoms with Crippen molar-refractivity contribution >= 4 is 28.6 Å². The van der Waals surface area contributed by atoms with Gasteiger partial charge < -0.3 is 15.7 Å². The number of nitrogens with zero attached hydrogens (tertiary/aromatic N) is 3. The molecule has 2 fully saturated rings. The molecule has 1 aliphatic heterocycles. The summed E-state index contributed by atoms with van der Waals surface area (Å²) in [7, 11) is 0. The fourth-order valence-electron chi connectivity index (χ4n) is 4.81. The van der Waals surface area contributed by atoms with E-state index in [1.807, 2.05) is 24.3 Å². The first-order valence-corrected chi connectivity index (χ1v) is 12.6. The molecule has 5 rings (SSSR count). The molecule has 3 unspecified atom stereocenters. The standard InChI is InChI=1S/C30H26N4O4/c31-17-28(35)23-16-26(33-25-12-13-32-18-24(23)25)20-10-8-19(9-11-20)5-1-2-6-21-15-22(21)29(36)34-14-4-3-7-27(34)30(37)38/h8-13,16,18,21-22,27H,3-4,7,14-15,17,31H2,(H,37,38). The number of likely N-dealkylation sites (tertiary alicyclic amines) is 1. The molecule has 3 N–H and O–H groups in total. The minimum Gasteiger partial charge on any atom is -0.480 e. The quantitative estimate of drug-likeness (QED) is 0.402. The normalized spacial score (nSPS) is 20.0. The lowest BCUT2D eigenvalue weighted by molar-refractivity contribution is -0.152. The minimum atomic E-state index is -0.934. The maximum Gasteiger partial charge on any atom is 0.326 e. The topological polar surface area (TPSA) is 126 Å². The van der Waals surface area contributed by atoms with Crippen LogP contribution in [0.5, 0.6) is 0 Å². The number of fused-ring (bicyclic) bond motifs is 1. The van der Waals surface area contributed by atoms with Crippen LogP contribution in [-0.2, 0) is 9.59 Å². The predicted octanol–water partition coefficient (Wildman–Crippen LogP) is 2.89. The number of Topliss-reactive ketones (excluding diaryl/α,β-unsaturated/α-hetero) is 1. The number of ketones is 1. The molecule has 8 heteroatoms. The van der Waals surface area contributed by atoms with E-state index >= 15 is 0 Å². The SMILES string of the molecule is NCC(=O)c1cc(-c2ccc(C#CC#CC3CC3C(=O)N3CCCCC3C(=O)O)cc2)nc2ccncc12. The molecule has 0 radical (unpaired) electrons. The van der Waals surface area contributed by atoms with Gasteiger partial charge in [-0.15, -0.1) is 0 Å². The summed E-state index contributed by atoms with van der Waals surface area (Å²) in [5.41, 5.74) is 9.03. The number of carbonyl (C=O) groups excluding carboxylic acids is 2. The minimum absolute atomic E-state index is 0.0739. The smallest absolute Gasteiger partial charge is 0.326 e. The Morgan fingerprint density at radius 1 is 1.11 bits per heavy atom. The number of hydrogen-bond donors (Lipinski definition) is 2. The van der Waals surface area contributed by atoms with Crippen molar-refractivity contribution in [1.82, 2.24) is 14.9 Å². The second kappa shape index (κ2) is 10.8. The van der Waals surface area contributed by atoms with Crippen molar-refractivity contribution in [3.63, 3.8) is 0 Å². The number of aromatic nitrogens is 2. The fourth-order valence-corrected chi connectivity index (χ4v) is 4.81. The van der Waals surface area contributed by atoms with Crippen molar-refractivity contribution in [3.05, 3.63) is 59.9 Å². The highest BCUT2D eigenvalue weighted by Gasteiger charge is 2.46. The number of rotatable bonds is 5. The van der Waals surface area contributed by atoms with Gasteiger partial charge >= 0.3 is 5.97 Å². The van der Waals surface area contributed by atoms with Crippen LogP contribution in [0, 0.1) is 35.5 Å². The molecule has 2 aromatic heterocycles. The van der Waals surface area contributed by atoms with Gasteiger partial charge in [0, 0.05) is 46.9 Å². The van der Waals surface area contributed by atoms with Gasteiger partial charge in [0.05, 0.1) is 23.7 Å². The number of carboxylic acid groups (broad SMARTS) is 1. The van der Waals surface area contributed by atoms with Crippen molar-refractivity contribution in [3.8, 4) is 34.9 Å². The Morgan fingerprint density at radius 3 is 2.68 bits per heavy atom. The van der Waals surface area contributed by atoms with Crippen molar-refractivity contribution in [2.24, 2.45) is 17.6 Å². The third-order valence-corrected chi connectivity index (χ3v) is 6.98. The van der Waals surface area contributed by atoms with Crippen LogP contribution >= 0.6 is 0 Å². The van der Waals surface area contributed by atoms with E-state index in [9.17, 15) is 19.5 Å². The molecule has 1 aliphatic carbocycles. The van der Waals surface area contributed by atoms with Crippen molar-refractivity contribution in [2.45, 2.75) is 31.7 Å². The summed E-state index contributed by atoms with van der Waals surface area (Å²) in [5.74, 6) is 10.2. The fraction of sp³-hybridized carbons (Fsp3) is 0.300. The number of aliphatic carboxylic acids is 1. The Morgan fingerprint density at radius 2 is 1.92 bits per heavy atom. The Labute approximate surface area is 220 Å². The zero-order valence-corrected chi connectivity index (χ0v) is 20.7. The second-order valence-electron chi connectivity index (χ2n) is 9.50. The summed E-state index contributed by atoms with van der Waals surface area (Å²) in [5, 5.41) is 10.1. The van der Waals surface area contributed by atoms with Gasteiger partial charge in [-0.1, -0.05) is 24.0 Å². The van der Waals surface area contributed by atoms with Gasteiger partial charge in [-0.3, -0.25) is 14.6 Å². The first-order valence-electron chi connectivity index (χ1n) is 12.6. The number of carboxylic acids is 1. The molecule has 1 saturated carbocycles. The maximum absolute atomic E-state index is 12.8. The zero-order chi connectivity index (χ0) is 26.6. The molecule has 8 nitrogen and oxygen atoms in total. The molecular formula is C30H26N4O4. The van der Waals surface area contributed by atoms with Crippen LogP contribution in [0.3, 0.4) is 0 Å². The molecule has 38 heavy (non-hydrogen) atoms. The van der Waals surface area contributed by atoms with Gasteiger partial charge in [-0.25, -0.2) is 9.78 Å². The van der Waals surface area contributed by atoms with Gasteiger partial charge in [-0.2, -0.15) is 0 Å². The van der Waals surface area contributed by atoms with Crippen molar-refractivity contribution in [1.29, 1.82) is 0 Å². The summed E-state index contributed by atoms with van der Waals surface area (Å²) in [6, 6.07) is 10.3. The van der Waals surface area contributed by atoms with E-state index in [0.29, 0.717) is 41.5 Å². The van der Waals surface area contributed by atoms with Crippen molar-refractivity contribution < 1.29 is 19.5 Å². The van der Waals surface area contributed by atoms with E-state index in [4.69, 9.17) is 5.73 Å². The molecular weight excluding hydrogens is 480 g/mol. The summed E-state index contributed by atoms with van der Waals surface area (Å²) in [4.78, 5) is 46.9. The van der Waals surface area contributed by atoms with Gasteiger partial charge in [0.15, 0.2) is 5.78 Å². The van der Waals surface area contributed by atoms with Gasteiger partial charge in [-0.05, 0) is 61.8 Å². The number of piperidine rings is 1. The molecule has 0 bridgehead atoms. The molecule has 190 valence electrons. The molecule has 1 amide bonds. The highest BCUT2D eigenvalue weighted by molar-refractivity contribution is 6.08. The number of benzene rings is 1. The first kappa shape index (κ1) is 25.1. The van der Waals surface area contributed by atoms with E-state index in [1.54, 1.807) is 24.5 Å².